The minimum Gasteiger partial charge on any atom is -0.491 e. The van der Waals surface area contributed by atoms with Crippen molar-refractivity contribution in [2.45, 2.75) is 32.2 Å². The molecule has 0 saturated carbocycles. The Labute approximate surface area is 131 Å². The van der Waals surface area contributed by atoms with Crippen LogP contribution in [0.2, 0.25) is 5.02 Å². The third kappa shape index (κ3) is 4.61. The van der Waals surface area contributed by atoms with E-state index in [0.29, 0.717) is 29.7 Å². The molecule has 0 radical (unpaired) electrons. The fourth-order valence-electron chi connectivity index (χ4n) is 2.63. The van der Waals surface area contributed by atoms with Crippen LogP contribution in [0.1, 0.15) is 26.2 Å². The fourth-order valence-corrected chi connectivity index (χ4v) is 2.82. The molecule has 1 aliphatic heterocycles. The molecule has 1 heterocycles. The molecule has 0 bridgehead atoms. The Morgan fingerprint density at radius 1 is 1.52 bits per heavy atom. The summed E-state index contributed by atoms with van der Waals surface area (Å²) in [5, 5.41) is 0.569. The fraction of sp³-hybridized carbons (Fsp3) is 0.562. The van der Waals surface area contributed by atoms with Gasteiger partial charge in [-0.15, -0.1) is 0 Å². The summed E-state index contributed by atoms with van der Waals surface area (Å²) in [5.74, 6) is 1.17. The Hall–Kier alpha value is -1.26. The third-order valence-corrected chi connectivity index (χ3v) is 4.28. The molecule has 2 atom stereocenters. The summed E-state index contributed by atoms with van der Waals surface area (Å²) in [6, 6.07) is 7.43. The number of piperidine rings is 1. The van der Waals surface area contributed by atoms with Gasteiger partial charge in [-0.1, -0.05) is 23.7 Å². The Balaban J connectivity index is 1.78. The highest BCUT2D eigenvalue weighted by Gasteiger charge is 2.25. The second-order valence-electron chi connectivity index (χ2n) is 5.63. The zero-order chi connectivity index (χ0) is 15.2. The summed E-state index contributed by atoms with van der Waals surface area (Å²) in [7, 11) is 0. The van der Waals surface area contributed by atoms with Gasteiger partial charge < -0.3 is 15.4 Å². The van der Waals surface area contributed by atoms with Crippen LogP contribution in [0, 0.1) is 5.92 Å². The number of carbonyl (C=O) groups is 1. The standard InChI is InChI=1S/C16H23ClN2O2/c1-12(18)13-5-4-9-19(11-13)16(20)8-10-21-15-7-3-2-6-14(15)17/h2-3,6-7,12-13H,4-5,8-11,18H2,1H3/t12-,13+/m1/s1. The van der Waals surface area contributed by atoms with Crippen molar-refractivity contribution in [1.29, 1.82) is 0 Å². The van der Waals surface area contributed by atoms with Gasteiger partial charge in [0.1, 0.15) is 5.75 Å². The Kier molecular flexibility index (Phi) is 5.88. The van der Waals surface area contributed by atoms with Crippen molar-refractivity contribution < 1.29 is 9.53 Å². The van der Waals surface area contributed by atoms with Crippen molar-refractivity contribution in [3.05, 3.63) is 29.3 Å². The molecule has 2 N–H and O–H groups in total. The maximum absolute atomic E-state index is 12.2. The van der Waals surface area contributed by atoms with Crippen molar-refractivity contribution in [1.82, 2.24) is 4.90 Å². The summed E-state index contributed by atoms with van der Waals surface area (Å²) in [6.45, 7) is 3.96. The Morgan fingerprint density at radius 2 is 2.29 bits per heavy atom. The number of likely N-dealkylation sites (tertiary alicyclic amines) is 1. The Bertz CT molecular complexity index is 479. The number of hydrogen-bond donors (Lipinski definition) is 1. The highest BCUT2D eigenvalue weighted by Crippen LogP contribution is 2.23. The number of para-hydroxylation sites is 1. The molecule has 1 aliphatic rings. The topological polar surface area (TPSA) is 55.6 Å². The second kappa shape index (κ2) is 7.66. The van der Waals surface area contributed by atoms with E-state index in [-0.39, 0.29) is 11.9 Å². The van der Waals surface area contributed by atoms with Gasteiger partial charge in [-0.25, -0.2) is 0 Å². The van der Waals surface area contributed by atoms with Crippen molar-refractivity contribution in [2.75, 3.05) is 19.7 Å². The number of ether oxygens (including phenoxy) is 1. The smallest absolute Gasteiger partial charge is 0.226 e. The number of nitrogens with zero attached hydrogens (tertiary/aromatic N) is 1. The van der Waals surface area contributed by atoms with Gasteiger partial charge in [0.05, 0.1) is 18.1 Å². The molecule has 1 saturated heterocycles. The van der Waals surface area contributed by atoms with E-state index < -0.39 is 0 Å². The van der Waals surface area contributed by atoms with Crippen LogP contribution in [-0.2, 0) is 4.79 Å². The van der Waals surface area contributed by atoms with Crippen LogP contribution < -0.4 is 10.5 Å². The summed E-state index contributed by atoms with van der Waals surface area (Å²) in [5.41, 5.74) is 5.94. The van der Waals surface area contributed by atoms with Gasteiger partial charge in [0.25, 0.3) is 0 Å². The van der Waals surface area contributed by atoms with E-state index in [9.17, 15) is 4.79 Å². The molecule has 4 nitrogen and oxygen atoms in total. The average Bonchev–Trinajstić information content (AvgIpc) is 2.49. The molecule has 0 unspecified atom stereocenters. The summed E-state index contributed by atoms with van der Waals surface area (Å²) < 4.78 is 5.57. The van der Waals surface area contributed by atoms with Gasteiger partial charge in [-0.3, -0.25) is 4.79 Å². The minimum atomic E-state index is 0.132. The number of hydrogen-bond acceptors (Lipinski definition) is 3. The lowest BCUT2D eigenvalue weighted by molar-refractivity contribution is -0.133. The zero-order valence-electron chi connectivity index (χ0n) is 12.4. The first-order valence-corrected chi connectivity index (χ1v) is 7.86. The molecule has 2 rings (SSSR count). The molecule has 21 heavy (non-hydrogen) atoms. The SMILES string of the molecule is C[C@@H](N)[C@H]1CCCN(C(=O)CCOc2ccccc2Cl)C1. The first kappa shape index (κ1) is 16.1. The van der Waals surface area contributed by atoms with Crippen LogP contribution in [-0.4, -0.2) is 36.5 Å². The number of benzene rings is 1. The van der Waals surface area contributed by atoms with Gasteiger partial charge in [-0.05, 0) is 37.8 Å². The number of nitrogens with two attached hydrogens (primary N) is 1. The van der Waals surface area contributed by atoms with Crippen LogP contribution in [0.15, 0.2) is 24.3 Å². The van der Waals surface area contributed by atoms with E-state index in [1.165, 1.54) is 0 Å². The predicted octanol–water partition coefficient (Wildman–Crippen LogP) is 2.69. The lowest BCUT2D eigenvalue weighted by Gasteiger charge is -2.34. The van der Waals surface area contributed by atoms with Gasteiger partial charge in [0.2, 0.25) is 5.91 Å². The average molecular weight is 311 g/mol. The van der Waals surface area contributed by atoms with Crippen LogP contribution >= 0.6 is 11.6 Å². The molecular formula is C16H23ClN2O2. The van der Waals surface area contributed by atoms with Crippen molar-refractivity contribution in [3.8, 4) is 5.75 Å². The monoisotopic (exact) mass is 310 g/mol. The lowest BCUT2D eigenvalue weighted by Crippen LogP contribution is -2.45. The summed E-state index contributed by atoms with van der Waals surface area (Å²) >= 11 is 6.01. The van der Waals surface area contributed by atoms with Crippen molar-refractivity contribution in [2.24, 2.45) is 11.7 Å². The van der Waals surface area contributed by atoms with Crippen molar-refractivity contribution >= 4 is 17.5 Å². The molecule has 1 fully saturated rings. The quantitative estimate of drug-likeness (QED) is 0.909. The van der Waals surface area contributed by atoms with E-state index in [1.807, 2.05) is 24.0 Å². The van der Waals surface area contributed by atoms with Gasteiger partial charge in [-0.2, -0.15) is 0 Å². The number of halogens is 1. The van der Waals surface area contributed by atoms with Crippen molar-refractivity contribution in [3.63, 3.8) is 0 Å². The predicted molar refractivity (Wildman–Crippen MR) is 84.5 cm³/mol. The van der Waals surface area contributed by atoms with Crippen LogP contribution in [0.25, 0.3) is 0 Å². The lowest BCUT2D eigenvalue weighted by atomic mass is 9.92. The molecule has 0 aromatic heterocycles. The van der Waals surface area contributed by atoms with Gasteiger partial charge in [0, 0.05) is 19.1 Å². The highest BCUT2D eigenvalue weighted by molar-refractivity contribution is 6.32. The van der Waals surface area contributed by atoms with E-state index >= 15 is 0 Å². The first-order valence-electron chi connectivity index (χ1n) is 7.48. The summed E-state index contributed by atoms with van der Waals surface area (Å²) in [4.78, 5) is 14.1. The van der Waals surface area contributed by atoms with Gasteiger partial charge in [0.15, 0.2) is 0 Å². The zero-order valence-corrected chi connectivity index (χ0v) is 13.2. The molecule has 1 aromatic carbocycles. The molecule has 0 aliphatic carbocycles. The third-order valence-electron chi connectivity index (χ3n) is 3.96. The molecule has 1 aromatic rings. The first-order chi connectivity index (χ1) is 10.1. The van der Waals surface area contributed by atoms with Crippen LogP contribution in [0.3, 0.4) is 0 Å². The molecule has 0 spiro atoms. The summed E-state index contributed by atoms with van der Waals surface area (Å²) in [6.07, 6.45) is 2.51. The number of amides is 1. The van der Waals surface area contributed by atoms with E-state index in [2.05, 4.69) is 0 Å². The Morgan fingerprint density at radius 3 is 3.00 bits per heavy atom. The maximum Gasteiger partial charge on any atom is 0.226 e. The van der Waals surface area contributed by atoms with E-state index in [1.54, 1.807) is 12.1 Å². The molecule has 1 amide bonds. The molecule has 5 heteroatoms. The van der Waals surface area contributed by atoms with E-state index in [0.717, 1.165) is 25.9 Å². The molecular weight excluding hydrogens is 288 g/mol. The molecule has 116 valence electrons. The number of rotatable bonds is 5. The largest absolute Gasteiger partial charge is 0.491 e. The highest BCUT2D eigenvalue weighted by atomic mass is 35.5. The second-order valence-corrected chi connectivity index (χ2v) is 6.04. The normalized spacial score (nSPS) is 20.1. The van der Waals surface area contributed by atoms with Gasteiger partial charge >= 0.3 is 0 Å². The maximum atomic E-state index is 12.2. The minimum absolute atomic E-state index is 0.132. The van der Waals surface area contributed by atoms with E-state index in [4.69, 9.17) is 22.1 Å². The van der Waals surface area contributed by atoms with Crippen LogP contribution in [0.5, 0.6) is 5.75 Å². The van der Waals surface area contributed by atoms with Crippen LogP contribution in [0.4, 0.5) is 0 Å². The number of carbonyl (C=O) groups excluding carboxylic acids is 1.